The van der Waals surface area contributed by atoms with Crippen molar-refractivity contribution in [2.24, 2.45) is 0 Å². The van der Waals surface area contributed by atoms with Gasteiger partial charge in [0.15, 0.2) is 0 Å². The molecule has 3 rings (SSSR count). The lowest BCUT2D eigenvalue weighted by Crippen LogP contribution is -2.42. The highest BCUT2D eigenvalue weighted by molar-refractivity contribution is 7.89. The van der Waals surface area contributed by atoms with Crippen molar-refractivity contribution in [3.63, 3.8) is 0 Å². The number of halogens is 1. The van der Waals surface area contributed by atoms with Gasteiger partial charge in [0.1, 0.15) is 5.82 Å². The molecular weight excluding hydrogens is 409 g/mol. The third-order valence-corrected chi connectivity index (χ3v) is 7.09. The van der Waals surface area contributed by atoms with E-state index in [2.05, 4.69) is 10.9 Å². The minimum Gasteiger partial charge on any atom is -0.273 e. The summed E-state index contributed by atoms with van der Waals surface area (Å²) in [6.07, 6.45) is 2.66. The highest BCUT2D eigenvalue weighted by Gasteiger charge is 2.30. The smallest absolute Gasteiger partial charge is 0.269 e. The number of sulfonamides is 1. The van der Waals surface area contributed by atoms with Crippen LogP contribution in [0.15, 0.2) is 53.4 Å². The first-order valence-electron chi connectivity index (χ1n) is 9.73. The zero-order chi connectivity index (χ0) is 21.7. The number of carbonyl (C=O) groups is 2. The SMILES string of the molecule is CC1CCCCN1S(=O)(=O)c1ccc(C(=O)NNC(=O)Cc2ccc(F)cc2)cc1. The van der Waals surface area contributed by atoms with Crippen LogP contribution < -0.4 is 10.9 Å². The topological polar surface area (TPSA) is 95.6 Å². The largest absolute Gasteiger partial charge is 0.273 e. The Morgan fingerprint density at radius 3 is 2.33 bits per heavy atom. The highest BCUT2D eigenvalue weighted by atomic mass is 32.2. The molecule has 1 unspecified atom stereocenters. The summed E-state index contributed by atoms with van der Waals surface area (Å²) in [5, 5.41) is 0. The molecule has 2 aromatic carbocycles. The van der Waals surface area contributed by atoms with Crippen LogP contribution in [-0.2, 0) is 21.2 Å². The molecule has 1 aliphatic heterocycles. The number of piperidine rings is 1. The maximum atomic E-state index is 12.9. The van der Waals surface area contributed by atoms with E-state index >= 15 is 0 Å². The van der Waals surface area contributed by atoms with Gasteiger partial charge in [0.25, 0.3) is 5.91 Å². The van der Waals surface area contributed by atoms with E-state index in [4.69, 9.17) is 0 Å². The highest BCUT2D eigenvalue weighted by Crippen LogP contribution is 2.25. The maximum Gasteiger partial charge on any atom is 0.269 e. The van der Waals surface area contributed by atoms with Crippen molar-refractivity contribution in [1.29, 1.82) is 0 Å². The number of hydrogen-bond acceptors (Lipinski definition) is 4. The Kier molecular flexibility index (Phi) is 6.84. The predicted octanol–water partition coefficient (Wildman–Crippen LogP) is 2.39. The van der Waals surface area contributed by atoms with Gasteiger partial charge in [-0.2, -0.15) is 4.31 Å². The van der Waals surface area contributed by atoms with Gasteiger partial charge >= 0.3 is 0 Å². The molecule has 0 saturated carbocycles. The van der Waals surface area contributed by atoms with Crippen molar-refractivity contribution in [3.8, 4) is 0 Å². The number of amides is 2. The molecule has 2 amide bonds. The van der Waals surface area contributed by atoms with Gasteiger partial charge in [-0.15, -0.1) is 0 Å². The van der Waals surface area contributed by atoms with Crippen LogP contribution in [0.2, 0.25) is 0 Å². The van der Waals surface area contributed by atoms with Crippen LogP contribution in [0.1, 0.15) is 42.1 Å². The molecule has 0 radical (unpaired) electrons. The number of nitrogens with zero attached hydrogens (tertiary/aromatic N) is 1. The Bertz CT molecular complexity index is 1010. The average Bonchev–Trinajstić information content (AvgIpc) is 2.74. The number of benzene rings is 2. The van der Waals surface area contributed by atoms with Crippen LogP contribution >= 0.6 is 0 Å². The third kappa shape index (κ3) is 5.22. The molecule has 160 valence electrons. The molecule has 0 spiro atoms. The molecule has 0 aliphatic carbocycles. The number of hydrazine groups is 1. The summed E-state index contributed by atoms with van der Waals surface area (Å²) in [7, 11) is -3.61. The second-order valence-electron chi connectivity index (χ2n) is 7.29. The molecule has 1 aliphatic rings. The standard InChI is InChI=1S/C21H24FN3O4S/c1-15-4-2-3-13-25(15)30(28,29)19-11-7-17(8-12-19)21(27)24-23-20(26)14-16-5-9-18(22)10-6-16/h5-12,15H,2-4,13-14H2,1H3,(H,23,26)(H,24,27). The monoisotopic (exact) mass is 433 g/mol. The molecule has 1 fully saturated rings. The lowest BCUT2D eigenvalue weighted by atomic mass is 10.1. The van der Waals surface area contributed by atoms with Crippen LogP contribution in [0.3, 0.4) is 0 Å². The number of carbonyl (C=O) groups excluding carboxylic acids is 2. The van der Waals surface area contributed by atoms with Crippen molar-refractivity contribution in [2.75, 3.05) is 6.54 Å². The lowest BCUT2D eigenvalue weighted by molar-refractivity contribution is -0.121. The molecule has 1 saturated heterocycles. The van der Waals surface area contributed by atoms with Crippen molar-refractivity contribution in [1.82, 2.24) is 15.2 Å². The van der Waals surface area contributed by atoms with Crippen LogP contribution in [-0.4, -0.2) is 37.1 Å². The minimum atomic E-state index is -3.61. The number of nitrogens with one attached hydrogen (secondary N) is 2. The van der Waals surface area contributed by atoms with Crippen LogP contribution in [0, 0.1) is 5.82 Å². The second kappa shape index (κ2) is 9.36. The van der Waals surface area contributed by atoms with Crippen LogP contribution in [0.5, 0.6) is 0 Å². The first kappa shape index (κ1) is 21.9. The zero-order valence-electron chi connectivity index (χ0n) is 16.6. The Labute approximate surface area is 175 Å². The third-order valence-electron chi connectivity index (χ3n) is 5.06. The summed E-state index contributed by atoms with van der Waals surface area (Å²) in [6.45, 7) is 2.39. The van der Waals surface area contributed by atoms with E-state index in [9.17, 15) is 22.4 Å². The summed E-state index contributed by atoms with van der Waals surface area (Å²) < 4.78 is 40.1. The average molecular weight is 434 g/mol. The second-order valence-corrected chi connectivity index (χ2v) is 9.18. The van der Waals surface area contributed by atoms with Gasteiger partial charge in [-0.3, -0.25) is 20.4 Å². The van der Waals surface area contributed by atoms with Crippen LogP contribution in [0.4, 0.5) is 4.39 Å². The fourth-order valence-electron chi connectivity index (χ4n) is 3.37. The molecule has 1 atom stereocenters. The van der Waals surface area contributed by atoms with Crippen molar-refractivity contribution < 1.29 is 22.4 Å². The van der Waals surface area contributed by atoms with E-state index in [1.54, 1.807) is 0 Å². The molecule has 0 bridgehead atoms. The number of hydrogen-bond donors (Lipinski definition) is 2. The van der Waals surface area contributed by atoms with Gasteiger partial charge in [-0.1, -0.05) is 18.6 Å². The molecule has 2 N–H and O–H groups in total. The van der Waals surface area contributed by atoms with Gasteiger partial charge in [-0.25, -0.2) is 12.8 Å². The fraction of sp³-hybridized carbons (Fsp3) is 0.333. The van der Waals surface area contributed by atoms with Crippen molar-refractivity contribution in [2.45, 2.75) is 43.5 Å². The first-order valence-corrected chi connectivity index (χ1v) is 11.2. The van der Waals surface area contributed by atoms with E-state index in [0.29, 0.717) is 12.1 Å². The summed E-state index contributed by atoms with van der Waals surface area (Å²) in [5.41, 5.74) is 5.39. The summed E-state index contributed by atoms with van der Waals surface area (Å²) >= 11 is 0. The predicted molar refractivity (Wildman–Crippen MR) is 109 cm³/mol. The summed E-state index contributed by atoms with van der Waals surface area (Å²) in [5.74, 6) is -1.43. The quantitative estimate of drug-likeness (QED) is 0.708. The van der Waals surface area contributed by atoms with Gasteiger partial charge in [0.05, 0.1) is 11.3 Å². The lowest BCUT2D eigenvalue weighted by Gasteiger charge is -2.32. The Balaban J connectivity index is 1.58. The van der Waals surface area contributed by atoms with Crippen LogP contribution in [0.25, 0.3) is 0 Å². The van der Waals surface area contributed by atoms with E-state index < -0.39 is 27.7 Å². The van der Waals surface area contributed by atoms with E-state index in [-0.39, 0.29) is 22.9 Å². The Hall–Kier alpha value is -2.78. The molecule has 9 heteroatoms. The maximum absolute atomic E-state index is 12.9. The molecule has 30 heavy (non-hydrogen) atoms. The zero-order valence-corrected chi connectivity index (χ0v) is 17.4. The fourth-order valence-corrected chi connectivity index (χ4v) is 5.07. The van der Waals surface area contributed by atoms with E-state index in [1.165, 1.54) is 52.8 Å². The first-order chi connectivity index (χ1) is 14.3. The van der Waals surface area contributed by atoms with Gasteiger partial charge in [0.2, 0.25) is 15.9 Å². The van der Waals surface area contributed by atoms with Gasteiger partial charge in [0, 0.05) is 18.2 Å². The van der Waals surface area contributed by atoms with Gasteiger partial charge in [-0.05, 0) is 61.7 Å². The summed E-state index contributed by atoms with van der Waals surface area (Å²) in [4.78, 5) is 24.3. The molecule has 7 nitrogen and oxygen atoms in total. The normalized spacial score (nSPS) is 17.3. The molecule has 2 aromatic rings. The molecular formula is C21H24FN3O4S. The molecule has 1 heterocycles. The van der Waals surface area contributed by atoms with Crippen molar-refractivity contribution in [3.05, 3.63) is 65.5 Å². The number of rotatable bonds is 5. The van der Waals surface area contributed by atoms with Crippen molar-refractivity contribution >= 4 is 21.8 Å². The van der Waals surface area contributed by atoms with E-state index in [0.717, 1.165) is 19.3 Å². The van der Waals surface area contributed by atoms with Gasteiger partial charge < -0.3 is 0 Å². The molecule has 0 aromatic heterocycles. The summed E-state index contributed by atoms with van der Waals surface area (Å²) in [6, 6.07) is 11.0. The Morgan fingerprint density at radius 2 is 1.70 bits per heavy atom. The van der Waals surface area contributed by atoms with E-state index in [1.807, 2.05) is 6.92 Å². The minimum absolute atomic E-state index is 0.0221. The Morgan fingerprint density at radius 1 is 1.03 bits per heavy atom.